The summed E-state index contributed by atoms with van der Waals surface area (Å²) in [7, 11) is 0. The molecule has 0 aromatic heterocycles. The van der Waals surface area contributed by atoms with E-state index in [2.05, 4.69) is 0 Å². The summed E-state index contributed by atoms with van der Waals surface area (Å²) in [6.45, 7) is 10.4. The number of rotatable bonds is 1. The van der Waals surface area contributed by atoms with Crippen LogP contribution in [0.5, 0.6) is 0 Å². The van der Waals surface area contributed by atoms with Crippen molar-refractivity contribution in [1.82, 2.24) is 4.90 Å². The van der Waals surface area contributed by atoms with E-state index in [-0.39, 0.29) is 0 Å². The first-order valence-electron chi connectivity index (χ1n) is 5.95. The molecule has 0 radical (unpaired) electrons. The van der Waals surface area contributed by atoms with Gasteiger partial charge in [-0.15, -0.1) is 0 Å². The van der Waals surface area contributed by atoms with Crippen LogP contribution >= 0.6 is 0 Å². The third-order valence-corrected chi connectivity index (χ3v) is 2.66. The molecule has 0 spiro atoms. The minimum Gasteiger partial charge on any atom is -0.444 e. The van der Waals surface area contributed by atoms with E-state index in [0.717, 1.165) is 0 Å². The zero-order valence-corrected chi connectivity index (χ0v) is 11.8. The normalized spacial score (nSPS) is 27.1. The molecule has 1 saturated heterocycles. The van der Waals surface area contributed by atoms with E-state index in [0.29, 0.717) is 0 Å². The predicted molar refractivity (Wildman–Crippen MR) is 65.7 cm³/mol. The lowest BCUT2D eigenvalue weighted by Gasteiger charge is -2.34. The van der Waals surface area contributed by atoms with Crippen molar-refractivity contribution in [1.29, 1.82) is 0 Å². The maximum atomic E-state index is 12.2. The summed E-state index contributed by atoms with van der Waals surface area (Å²) in [5.74, 6) is -0.598. The number of ether oxygens (including phenoxy) is 2. The van der Waals surface area contributed by atoms with Crippen molar-refractivity contribution in [2.75, 3.05) is 0 Å². The van der Waals surface area contributed by atoms with Crippen molar-refractivity contribution in [3.05, 3.63) is 0 Å². The van der Waals surface area contributed by atoms with E-state index < -0.39 is 35.5 Å². The van der Waals surface area contributed by atoms with E-state index in [1.807, 2.05) is 0 Å². The van der Waals surface area contributed by atoms with Crippen LogP contribution in [-0.2, 0) is 14.3 Å². The topological polar surface area (TPSA) is 81.9 Å². The van der Waals surface area contributed by atoms with E-state index in [4.69, 9.17) is 15.2 Å². The van der Waals surface area contributed by atoms with E-state index >= 15 is 0 Å². The van der Waals surface area contributed by atoms with Crippen molar-refractivity contribution in [3.63, 3.8) is 0 Å². The lowest BCUT2D eigenvalue weighted by atomic mass is 10.1. The molecule has 0 aliphatic carbocycles. The van der Waals surface area contributed by atoms with Gasteiger partial charge in [0.05, 0.1) is 6.10 Å². The second-order valence-corrected chi connectivity index (χ2v) is 5.97. The Labute approximate surface area is 107 Å². The molecule has 6 nitrogen and oxygen atoms in total. The largest absolute Gasteiger partial charge is 0.444 e. The minimum absolute atomic E-state index is 0.454. The molecule has 0 aromatic carbocycles. The molecular formula is C12H22N2O4. The molecule has 1 fully saturated rings. The molecule has 1 aliphatic rings. The van der Waals surface area contributed by atoms with Crippen LogP contribution in [0.15, 0.2) is 0 Å². The Morgan fingerprint density at radius 1 is 1.33 bits per heavy atom. The van der Waals surface area contributed by atoms with E-state index in [9.17, 15) is 9.59 Å². The SMILES string of the molecule is CC1OC(C)(C)N(C(=O)OC(C)(C)C)C1C(N)=O. The first-order chi connectivity index (χ1) is 7.96. The van der Waals surface area contributed by atoms with E-state index in [1.165, 1.54) is 4.90 Å². The Kier molecular flexibility index (Phi) is 3.63. The van der Waals surface area contributed by atoms with Crippen molar-refractivity contribution >= 4 is 12.0 Å². The Morgan fingerprint density at radius 3 is 2.22 bits per heavy atom. The summed E-state index contributed by atoms with van der Waals surface area (Å²) in [5, 5.41) is 0. The highest BCUT2D eigenvalue weighted by atomic mass is 16.6. The molecule has 6 heteroatoms. The Bertz CT molecular complexity index is 360. The molecule has 2 amide bonds. The molecule has 0 saturated carbocycles. The molecule has 2 unspecified atom stereocenters. The number of primary amides is 1. The molecule has 1 aliphatic heterocycles. The van der Waals surface area contributed by atoms with Crippen molar-refractivity contribution in [3.8, 4) is 0 Å². The summed E-state index contributed by atoms with van der Waals surface area (Å²) in [6.07, 6.45) is -1.05. The minimum atomic E-state index is -0.915. The highest BCUT2D eigenvalue weighted by Crippen LogP contribution is 2.33. The zero-order chi connectivity index (χ0) is 14.3. The number of nitrogens with two attached hydrogens (primary N) is 1. The fourth-order valence-corrected chi connectivity index (χ4v) is 2.12. The molecular weight excluding hydrogens is 236 g/mol. The second-order valence-electron chi connectivity index (χ2n) is 5.97. The molecule has 1 rings (SSSR count). The Balaban J connectivity index is 3.01. The number of amides is 2. The average Bonchev–Trinajstić information content (AvgIpc) is 2.31. The third-order valence-electron chi connectivity index (χ3n) is 2.66. The predicted octanol–water partition coefficient (Wildman–Crippen LogP) is 1.23. The van der Waals surface area contributed by atoms with Crippen LogP contribution in [0, 0.1) is 0 Å². The average molecular weight is 258 g/mol. The van der Waals surface area contributed by atoms with Crippen LogP contribution in [0.3, 0.4) is 0 Å². The van der Waals surface area contributed by atoms with Crippen LogP contribution in [0.1, 0.15) is 41.5 Å². The summed E-state index contributed by atoms with van der Waals surface area (Å²) in [5.41, 5.74) is 3.78. The van der Waals surface area contributed by atoms with Gasteiger partial charge in [0.2, 0.25) is 5.91 Å². The quantitative estimate of drug-likeness (QED) is 0.767. The van der Waals surface area contributed by atoms with Crippen molar-refractivity contribution < 1.29 is 19.1 Å². The van der Waals surface area contributed by atoms with Crippen LogP contribution < -0.4 is 5.73 Å². The van der Waals surface area contributed by atoms with Crippen LogP contribution in [0.2, 0.25) is 0 Å². The van der Waals surface area contributed by atoms with Gasteiger partial charge in [0.15, 0.2) is 0 Å². The van der Waals surface area contributed by atoms with Gasteiger partial charge in [-0.25, -0.2) is 4.79 Å². The summed E-state index contributed by atoms with van der Waals surface area (Å²) in [4.78, 5) is 24.9. The van der Waals surface area contributed by atoms with Crippen molar-refractivity contribution in [2.24, 2.45) is 5.73 Å². The number of nitrogens with zero attached hydrogens (tertiary/aromatic N) is 1. The number of hydrogen-bond donors (Lipinski definition) is 1. The molecule has 0 aromatic rings. The standard InChI is InChI=1S/C12H22N2O4/c1-7-8(9(13)15)14(12(5,6)17-7)10(16)18-11(2,3)4/h7-8H,1-6H3,(H2,13,15). The van der Waals surface area contributed by atoms with Gasteiger partial charge in [0.1, 0.15) is 17.4 Å². The summed E-state index contributed by atoms with van der Waals surface area (Å²) in [6, 6.07) is -0.810. The lowest BCUT2D eigenvalue weighted by Crippen LogP contribution is -2.54. The highest BCUT2D eigenvalue weighted by molar-refractivity contribution is 5.86. The zero-order valence-electron chi connectivity index (χ0n) is 11.8. The second kappa shape index (κ2) is 4.42. The first-order valence-corrected chi connectivity index (χ1v) is 5.95. The van der Waals surface area contributed by atoms with Crippen LogP contribution in [0.4, 0.5) is 4.79 Å². The smallest absolute Gasteiger partial charge is 0.413 e. The van der Waals surface area contributed by atoms with Crippen LogP contribution in [0.25, 0.3) is 0 Å². The van der Waals surface area contributed by atoms with Gasteiger partial charge in [-0.1, -0.05) is 0 Å². The Hall–Kier alpha value is -1.30. The van der Waals surface area contributed by atoms with Gasteiger partial charge >= 0.3 is 6.09 Å². The maximum Gasteiger partial charge on any atom is 0.413 e. The van der Waals surface area contributed by atoms with Gasteiger partial charge in [-0.3, -0.25) is 9.69 Å². The fourth-order valence-electron chi connectivity index (χ4n) is 2.12. The van der Waals surface area contributed by atoms with E-state index in [1.54, 1.807) is 41.5 Å². The monoisotopic (exact) mass is 258 g/mol. The van der Waals surface area contributed by atoms with Crippen molar-refractivity contribution in [2.45, 2.75) is 65.0 Å². The summed E-state index contributed by atoms with van der Waals surface area (Å²) >= 11 is 0. The fraction of sp³-hybridized carbons (Fsp3) is 0.833. The first kappa shape index (κ1) is 14.8. The van der Waals surface area contributed by atoms with Gasteiger partial charge in [0.25, 0.3) is 0 Å². The molecule has 18 heavy (non-hydrogen) atoms. The lowest BCUT2D eigenvalue weighted by molar-refractivity contribution is -0.123. The molecule has 2 atom stereocenters. The molecule has 0 bridgehead atoms. The summed E-state index contributed by atoms with van der Waals surface area (Å²) < 4.78 is 10.9. The van der Waals surface area contributed by atoms with Gasteiger partial charge in [-0.05, 0) is 41.5 Å². The Morgan fingerprint density at radius 2 is 1.83 bits per heavy atom. The molecule has 2 N–H and O–H groups in total. The number of hydrogen-bond acceptors (Lipinski definition) is 4. The number of carbonyl (C=O) groups is 2. The maximum absolute atomic E-state index is 12.2. The number of carbonyl (C=O) groups excluding carboxylic acids is 2. The molecule has 104 valence electrons. The van der Waals surface area contributed by atoms with Crippen LogP contribution in [-0.4, -0.2) is 40.4 Å². The van der Waals surface area contributed by atoms with Gasteiger partial charge < -0.3 is 15.2 Å². The van der Waals surface area contributed by atoms with Gasteiger partial charge in [-0.2, -0.15) is 0 Å². The third kappa shape index (κ3) is 2.93. The molecule has 1 heterocycles. The van der Waals surface area contributed by atoms with Gasteiger partial charge in [0, 0.05) is 0 Å². The highest BCUT2D eigenvalue weighted by Gasteiger charge is 2.52.